The Bertz CT molecular complexity index is 2110. The molecule has 3 aromatic carbocycles. The highest BCUT2D eigenvalue weighted by Crippen LogP contribution is 2.70. The largest absolute Gasteiger partial charge is 0.462 e. The number of hydrogen-bond acceptors (Lipinski definition) is 9. The number of esters is 4. The molecule has 1 saturated heterocycles. The lowest BCUT2D eigenvalue weighted by Gasteiger charge is -2.68. The van der Waals surface area contributed by atoms with Crippen LogP contribution in [0.2, 0.25) is 0 Å². The van der Waals surface area contributed by atoms with Gasteiger partial charge in [-0.3, -0.25) is 9.59 Å². The predicted octanol–water partition coefficient (Wildman–Crippen LogP) is 9.40. The first-order valence-electron chi connectivity index (χ1n) is 21.5. The summed E-state index contributed by atoms with van der Waals surface area (Å²) < 4.78 is 26.5. The predicted molar refractivity (Wildman–Crippen MR) is 220 cm³/mol. The van der Waals surface area contributed by atoms with E-state index in [9.17, 15) is 19.2 Å². The van der Waals surface area contributed by atoms with Gasteiger partial charge in [0.25, 0.3) is 0 Å². The van der Waals surface area contributed by atoms with Crippen LogP contribution in [0.3, 0.4) is 0 Å². The van der Waals surface area contributed by atoms with E-state index in [2.05, 4.69) is 27.7 Å². The second-order valence-corrected chi connectivity index (χ2v) is 18.6. The molecule has 9 nitrogen and oxygen atoms in total. The second-order valence-electron chi connectivity index (χ2n) is 18.6. The van der Waals surface area contributed by atoms with E-state index < -0.39 is 64.5 Å². The molecule has 310 valence electrons. The van der Waals surface area contributed by atoms with Crippen LogP contribution >= 0.6 is 0 Å². The molecule has 0 bridgehead atoms. The van der Waals surface area contributed by atoms with Gasteiger partial charge in [0.1, 0.15) is 23.9 Å². The fraction of sp³-hybridized carbons (Fsp3) is 0.500. The average Bonchev–Trinajstić information content (AvgIpc) is 3.51. The van der Waals surface area contributed by atoms with Gasteiger partial charge in [0, 0.05) is 29.6 Å². The van der Waals surface area contributed by atoms with Gasteiger partial charge in [-0.15, -0.1) is 0 Å². The number of ether oxygens (including phenoxy) is 4. The Morgan fingerprint density at radius 1 is 0.712 bits per heavy atom. The summed E-state index contributed by atoms with van der Waals surface area (Å²) >= 11 is 0. The van der Waals surface area contributed by atoms with Gasteiger partial charge in [0.2, 0.25) is 0 Å². The summed E-state index contributed by atoms with van der Waals surface area (Å²) in [7, 11) is 0. The SMILES string of the molecule is CC(C)C1CC(=O)OC(C(C)C2=CC(=O)C3C4C(OC(=O)c5ccccc5)C(OC(=O)c5ccccc5)C5CCCC[C@]5(C)C4(OC(=O)c4ccccc4)CC[C@]23C)C1. The van der Waals surface area contributed by atoms with Gasteiger partial charge < -0.3 is 18.9 Å². The van der Waals surface area contributed by atoms with Gasteiger partial charge in [0.05, 0.1) is 22.6 Å². The molecular formula is C50H56O9. The number of cyclic esters (lactones) is 1. The summed E-state index contributed by atoms with van der Waals surface area (Å²) in [5.41, 5.74) is -0.929. The van der Waals surface area contributed by atoms with Gasteiger partial charge in [0.15, 0.2) is 5.78 Å². The molecule has 0 N–H and O–H groups in total. The molecule has 4 aliphatic carbocycles. The lowest BCUT2D eigenvalue weighted by Crippen LogP contribution is -2.75. The van der Waals surface area contributed by atoms with Crippen molar-refractivity contribution in [2.24, 2.45) is 46.3 Å². The van der Waals surface area contributed by atoms with Gasteiger partial charge in [-0.1, -0.05) is 108 Å². The summed E-state index contributed by atoms with van der Waals surface area (Å²) in [6, 6.07) is 26.3. The van der Waals surface area contributed by atoms with E-state index in [1.54, 1.807) is 78.9 Å². The Balaban J connectivity index is 1.29. The number of ketones is 1. The summed E-state index contributed by atoms with van der Waals surface area (Å²) in [6.45, 7) is 10.5. The minimum Gasteiger partial charge on any atom is -0.462 e. The van der Waals surface area contributed by atoms with Crippen molar-refractivity contribution in [3.05, 3.63) is 119 Å². The van der Waals surface area contributed by atoms with Crippen molar-refractivity contribution in [3.63, 3.8) is 0 Å². The monoisotopic (exact) mass is 800 g/mol. The van der Waals surface area contributed by atoms with Crippen LogP contribution in [0.4, 0.5) is 0 Å². The van der Waals surface area contributed by atoms with E-state index in [4.69, 9.17) is 18.9 Å². The van der Waals surface area contributed by atoms with E-state index in [1.165, 1.54) is 0 Å². The van der Waals surface area contributed by atoms with E-state index >= 15 is 4.79 Å². The molecule has 59 heavy (non-hydrogen) atoms. The zero-order chi connectivity index (χ0) is 41.7. The summed E-state index contributed by atoms with van der Waals surface area (Å²) in [4.78, 5) is 71.3. The maximum absolute atomic E-state index is 15.1. The smallest absolute Gasteiger partial charge is 0.338 e. The third kappa shape index (κ3) is 7.02. The second kappa shape index (κ2) is 15.9. The van der Waals surface area contributed by atoms with Gasteiger partial charge >= 0.3 is 23.9 Å². The Kier molecular flexibility index (Phi) is 10.9. The van der Waals surface area contributed by atoms with Crippen LogP contribution < -0.4 is 0 Å². The highest BCUT2D eigenvalue weighted by Gasteiger charge is 2.76. The minimum atomic E-state index is -1.30. The summed E-state index contributed by atoms with van der Waals surface area (Å²) in [5.74, 6) is -4.00. The van der Waals surface area contributed by atoms with Crippen molar-refractivity contribution in [2.75, 3.05) is 0 Å². The first kappa shape index (κ1) is 40.7. The molecule has 1 aliphatic heterocycles. The molecule has 0 radical (unpaired) electrons. The average molecular weight is 801 g/mol. The molecule has 0 amide bonds. The molecule has 11 atom stereocenters. The molecule has 5 aliphatic rings. The number of benzene rings is 3. The van der Waals surface area contributed by atoms with Crippen LogP contribution in [-0.2, 0) is 28.5 Å². The first-order chi connectivity index (χ1) is 28.3. The zero-order valence-electron chi connectivity index (χ0n) is 34.8. The molecule has 9 heteroatoms. The molecule has 8 rings (SSSR count). The molecule has 0 aromatic heterocycles. The number of rotatable bonds is 9. The van der Waals surface area contributed by atoms with Gasteiger partial charge in [-0.05, 0) is 91.8 Å². The third-order valence-electron chi connectivity index (χ3n) is 15.2. The van der Waals surface area contributed by atoms with Crippen LogP contribution in [-0.4, -0.2) is 53.6 Å². The topological polar surface area (TPSA) is 122 Å². The van der Waals surface area contributed by atoms with Crippen molar-refractivity contribution in [1.82, 2.24) is 0 Å². The van der Waals surface area contributed by atoms with E-state index in [-0.39, 0.29) is 35.4 Å². The minimum absolute atomic E-state index is 0.157. The van der Waals surface area contributed by atoms with Gasteiger partial charge in [-0.25, -0.2) is 14.4 Å². The number of carbonyl (C=O) groups is 5. The van der Waals surface area contributed by atoms with Crippen LogP contribution in [0, 0.1) is 46.3 Å². The quantitative estimate of drug-likeness (QED) is 0.154. The third-order valence-corrected chi connectivity index (χ3v) is 15.2. The van der Waals surface area contributed by atoms with Crippen molar-refractivity contribution in [3.8, 4) is 0 Å². The molecular weight excluding hydrogens is 745 g/mol. The van der Waals surface area contributed by atoms with Gasteiger partial charge in [-0.2, -0.15) is 0 Å². The number of hydrogen-bond donors (Lipinski definition) is 0. The van der Waals surface area contributed by atoms with E-state index in [1.807, 2.05) is 25.1 Å². The molecule has 9 unspecified atom stereocenters. The van der Waals surface area contributed by atoms with E-state index in [0.29, 0.717) is 55.2 Å². The van der Waals surface area contributed by atoms with Crippen LogP contribution in [0.15, 0.2) is 103 Å². The summed E-state index contributed by atoms with van der Waals surface area (Å²) in [6.07, 6.45) is 4.10. The Labute approximate surface area is 347 Å². The highest BCUT2D eigenvalue weighted by atomic mass is 16.6. The lowest BCUT2D eigenvalue weighted by molar-refractivity contribution is -0.284. The lowest BCUT2D eigenvalue weighted by atomic mass is 9.40. The van der Waals surface area contributed by atoms with Crippen molar-refractivity contribution < 1.29 is 42.9 Å². The Morgan fingerprint density at radius 3 is 1.85 bits per heavy atom. The zero-order valence-corrected chi connectivity index (χ0v) is 34.8. The highest BCUT2D eigenvalue weighted by molar-refractivity contribution is 5.98. The fourth-order valence-corrected chi connectivity index (χ4v) is 12.0. The van der Waals surface area contributed by atoms with Crippen molar-refractivity contribution in [2.45, 2.75) is 110 Å². The first-order valence-corrected chi connectivity index (χ1v) is 21.5. The van der Waals surface area contributed by atoms with Crippen molar-refractivity contribution >= 4 is 29.7 Å². The molecule has 1 heterocycles. The molecule has 3 saturated carbocycles. The number of fused-ring (bicyclic) bond motifs is 5. The molecule has 0 spiro atoms. The normalized spacial score (nSPS) is 34.3. The maximum Gasteiger partial charge on any atom is 0.338 e. The van der Waals surface area contributed by atoms with Crippen LogP contribution in [0.1, 0.15) is 117 Å². The van der Waals surface area contributed by atoms with Crippen LogP contribution in [0.5, 0.6) is 0 Å². The number of carbonyl (C=O) groups excluding carboxylic acids is 5. The maximum atomic E-state index is 15.1. The molecule has 3 aromatic rings. The van der Waals surface area contributed by atoms with Crippen molar-refractivity contribution in [1.29, 1.82) is 0 Å². The fourth-order valence-electron chi connectivity index (χ4n) is 12.0. The Morgan fingerprint density at radius 2 is 1.27 bits per heavy atom. The standard InChI is InChI=1S/C50H56O9/c1-30(2)35-27-39(56-40(52)28-35)31(3)37-29-38(51)41-42-44(58-46(54)33-19-11-7-12-20-33)43(57-45(53)32-17-9-6-10-18-32)36-23-15-16-24-49(36,5)50(42,26-25-48(37,41)4)59-47(55)34-21-13-8-14-22-34/h6-14,17-22,29-31,35-36,39,41-44H,15-16,23-28H2,1-5H3/t31?,35?,36?,39?,41?,42?,43?,44?,48-,49+,50?/m1/s1. The summed E-state index contributed by atoms with van der Waals surface area (Å²) in [5, 5.41) is 0. The van der Waals surface area contributed by atoms with Crippen LogP contribution in [0.25, 0.3) is 0 Å². The van der Waals surface area contributed by atoms with E-state index in [0.717, 1.165) is 18.4 Å². The number of allylic oxidation sites excluding steroid dienone is 1. The molecule has 4 fully saturated rings. The Hall–Kier alpha value is -5.05.